The van der Waals surface area contributed by atoms with Gasteiger partial charge in [-0.2, -0.15) is 0 Å². The lowest BCUT2D eigenvalue weighted by Gasteiger charge is -2.32. The second-order valence-corrected chi connectivity index (χ2v) is 7.26. The van der Waals surface area contributed by atoms with Gasteiger partial charge in [0.2, 0.25) is 5.91 Å². The van der Waals surface area contributed by atoms with Gasteiger partial charge in [-0.25, -0.2) is 4.99 Å². The molecule has 1 N–H and O–H groups in total. The fourth-order valence-electron chi connectivity index (χ4n) is 3.88. The van der Waals surface area contributed by atoms with Crippen LogP contribution in [-0.2, 0) is 17.8 Å². The Kier molecular flexibility index (Phi) is 7.01. The van der Waals surface area contributed by atoms with Crippen LogP contribution in [0.4, 0.5) is 0 Å². The molecule has 7 heteroatoms. The van der Waals surface area contributed by atoms with Crippen molar-refractivity contribution >= 4 is 11.9 Å². The molecule has 2 aliphatic rings. The number of carbonyl (C=O) groups is 1. The molecule has 0 aromatic heterocycles. The van der Waals surface area contributed by atoms with Gasteiger partial charge in [0.05, 0.1) is 14.2 Å². The minimum atomic E-state index is 0.124. The summed E-state index contributed by atoms with van der Waals surface area (Å²) in [6.45, 7) is 6.34. The Hall–Kier alpha value is -2.44. The number of piperidine rings is 1. The minimum absolute atomic E-state index is 0.124. The highest BCUT2D eigenvalue weighted by molar-refractivity contribution is 5.85. The highest BCUT2D eigenvalue weighted by Crippen LogP contribution is 2.33. The molecular weight excluding hydrogens is 356 g/mol. The van der Waals surface area contributed by atoms with Crippen LogP contribution in [-0.4, -0.2) is 68.6 Å². The van der Waals surface area contributed by atoms with Crippen molar-refractivity contribution in [3.8, 4) is 11.5 Å². The SMILES string of the molecule is CCNC(=NCC(=O)N1CCCCC1)N1CCc2cc(OC)c(OC)cc2C1. The molecule has 0 radical (unpaired) electrons. The van der Waals surface area contributed by atoms with E-state index in [1.807, 2.05) is 17.9 Å². The van der Waals surface area contributed by atoms with Crippen LogP contribution < -0.4 is 14.8 Å². The van der Waals surface area contributed by atoms with Crippen LogP contribution >= 0.6 is 0 Å². The van der Waals surface area contributed by atoms with Crippen molar-refractivity contribution in [3.63, 3.8) is 0 Å². The number of hydrogen-bond donors (Lipinski definition) is 1. The van der Waals surface area contributed by atoms with Gasteiger partial charge in [0.15, 0.2) is 17.5 Å². The third-order valence-electron chi connectivity index (χ3n) is 5.43. The average Bonchev–Trinajstić information content (AvgIpc) is 2.75. The molecule has 2 heterocycles. The van der Waals surface area contributed by atoms with E-state index in [9.17, 15) is 4.79 Å². The zero-order valence-electron chi connectivity index (χ0n) is 17.3. The third-order valence-corrected chi connectivity index (χ3v) is 5.43. The predicted octanol–water partition coefficient (Wildman–Crippen LogP) is 2.04. The van der Waals surface area contributed by atoms with Crippen LogP contribution in [0.5, 0.6) is 11.5 Å². The molecule has 0 bridgehead atoms. The number of guanidine groups is 1. The normalized spacial score (nSPS) is 17.2. The first-order chi connectivity index (χ1) is 13.7. The highest BCUT2D eigenvalue weighted by atomic mass is 16.5. The second-order valence-electron chi connectivity index (χ2n) is 7.26. The van der Waals surface area contributed by atoms with Gasteiger partial charge in [-0.1, -0.05) is 0 Å². The maximum absolute atomic E-state index is 12.5. The molecule has 0 unspecified atom stereocenters. The van der Waals surface area contributed by atoms with Gasteiger partial charge in [-0.05, 0) is 55.9 Å². The summed E-state index contributed by atoms with van der Waals surface area (Å²) in [5, 5.41) is 3.34. The van der Waals surface area contributed by atoms with Crippen LogP contribution in [0.25, 0.3) is 0 Å². The zero-order chi connectivity index (χ0) is 19.9. The van der Waals surface area contributed by atoms with Gasteiger partial charge in [-0.3, -0.25) is 4.79 Å². The Morgan fingerprint density at radius 3 is 2.36 bits per heavy atom. The fraction of sp³-hybridized carbons (Fsp3) is 0.619. The Morgan fingerprint density at radius 2 is 1.71 bits per heavy atom. The number of ether oxygens (including phenoxy) is 2. The summed E-state index contributed by atoms with van der Waals surface area (Å²) in [4.78, 5) is 21.3. The molecule has 0 aliphatic carbocycles. The molecule has 2 aliphatic heterocycles. The Bertz CT molecular complexity index is 714. The van der Waals surface area contributed by atoms with Gasteiger partial charge >= 0.3 is 0 Å². The second kappa shape index (κ2) is 9.66. The average molecular weight is 389 g/mol. The third kappa shape index (κ3) is 4.69. The number of benzene rings is 1. The smallest absolute Gasteiger partial charge is 0.244 e. The Labute approximate surface area is 167 Å². The number of hydrogen-bond acceptors (Lipinski definition) is 4. The van der Waals surface area contributed by atoms with Gasteiger partial charge < -0.3 is 24.6 Å². The van der Waals surface area contributed by atoms with E-state index in [1.165, 1.54) is 17.5 Å². The van der Waals surface area contributed by atoms with E-state index >= 15 is 0 Å². The number of carbonyl (C=O) groups excluding carboxylic acids is 1. The molecule has 1 amide bonds. The minimum Gasteiger partial charge on any atom is -0.493 e. The molecule has 7 nitrogen and oxygen atoms in total. The van der Waals surface area contributed by atoms with Crippen LogP contribution in [0.2, 0.25) is 0 Å². The van der Waals surface area contributed by atoms with E-state index in [4.69, 9.17) is 9.47 Å². The first-order valence-corrected chi connectivity index (χ1v) is 10.2. The van der Waals surface area contributed by atoms with Crippen molar-refractivity contribution < 1.29 is 14.3 Å². The molecule has 1 aromatic rings. The molecule has 1 saturated heterocycles. The van der Waals surface area contributed by atoms with Crippen molar-refractivity contribution in [2.45, 2.75) is 39.2 Å². The number of rotatable bonds is 5. The number of amides is 1. The molecule has 0 spiro atoms. The number of fused-ring (bicyclic) bond motifs is 1. The highest BCUT2D eigenvalue weighted by Gasteiger charge is 2.22. The van der Waals surface area contributed by atoms with E-state index in [0.29, 0.717) is 0 Å². The van der Waals surface area contributed by atoms with Crippen molar-refractivity contribution in [1.82, 2.24) is 15.1 Å². The van der Waals surface area contributed by atoms with E-state index < -0.39 is 0 Å². The number of methoxy groups -OCH3 is 2. The van der Waals surface area contributed by atoms with Gasteiger partial charge in [0.1, 0.15) is 6.54 Å². The van der Waals surface area contributed by atoms with E-state index in [0.717, 1.165) is 69.4 Å². The molecule has 1 aromatic carbocycles. The Morgan fingerprint density at radius 1 is 1.04 bits per heavy atom. The van der Waals surface area contributed by atoms with Gasteiger partial charge in [-0.15, -0.1) is 0 Å². The largest absolute Gasteiger partial charge is 0.493 e. The van der Waals surface area contributed by atoms with E-state index in [2.05, 4.69) is 21.3 Å². The van der Waals surface area contributed by atoms with Gasteiger partial charge in [0, 0.05) is 32.7 Å². The van der Waals surface area contributed by atoms with Crippen LogP contribution in [0.1, 0.15) is 37.3 Å². The summed E-state index contributed by atoms with van der Waals surface area (Å²) in [7, 11) is 3.32. The molecule has 0 saturated carbocycles. The van der Waals surface area contributed by atoms with Crippen molar-refractivity contribution in [3.05, 3.63) is 23.3 Å². The first-order valence-electron chi connectivity index (χ1n) is 10.2. The predicted molar refractivity (Wildman–Crippen MR) is 110 cm³/mol. The monoisotopic (exact) mass is 388 g/mol. The van der Waals surface area contributed by atoms with Gasteiger partial charge in [0.25, 0.3) is 0 Å². The maximum Gasteiger partial charge on any atom is 0.244 e. The topological polar surface area (TPSA) is 66.4 Å². The maximum atomic E-state index is 12.5. The van der Waals surface area contributed by atoms with E-state index in [1.54, 1.807) is 14.2 Å². The molecule has 28 heavy (non-hydrogen) atoms. The molecule has 1 fully saturated rings. The Balaban J connectivity index is 1.71. The fourth-order valence-corrected chi connectivity index (χ4v) is 3.88. The summed E-state index contributed by atoms with van der Waals surface area (Å²) in [5.74, 6) is 2.43. The van der Waals surface area contributed by atoms with Crippen molar-refractivity contribution in [2.75, 3.05) is 46.9 Å². The molecular formula is C21H32N4O3. The molecule has 0 atom stereocenters. The lowest BCUT2D eigenvalue weighted by atomic mass is 9.99. The van der Waals surface area contributed by atoms with Crippen molar-refractivity contribution in [1.29, 1.82) is 0 Å². The number of nitrogens with zero attached hydrogens (tertiary/aromatic N) is 3. The standard InChI is InChI=1S/C21H32N4O3/c1-4-22-21(23-14-20(26)24-9-6-5-7-10-24)25-11-8-16-12-18(27-2)19(28-3)13-17(16)15-25/h12-13H,4-11,14-15H2,1-3H3,(H,22,23). The molecule has 154 valence electrons. The lowest BCUT2D eigenvalue weighted by molar-refractivity contribution is -0.130. The van der Waals surface area contributed by atoms with Crippen LogP contribution in [0, 0.1) is 0 Å². The van der Waals surface area contributed by atoms with Crippen LogP contribution in [0.3, 0.4) is 0 Å². The summed E-state index contributed by atoms with van der Waals surface area (Å²) in [6, 6.07) is 4.11. The number of likely N-dealkylation sites (tertiary alicyclic amines) is 1. The summed E-state index contributed by atoms with van der Waals surface area (Å²) in [6.07, 6.45) is 4.32. The van der Waals surface area contributed by atoms with E-state index in [-0.39, 0.29) is 12.5 Å². The van der Waals surface area contributed by atoms with Crippen molar-refractivity contribution in [2.24, 2.45) is 4.99 Å². The zero-order valence-corrected chi connectivity index (χ0v) is 17.3. The first kappa shape index (κ1) is 20.3. The molecule has 3 rings (SSSR count). The summed E-state index contributed by atoms with van der Waals surface area (Å²) < 4.78 is 10.9. The number of aliphatic imine (C=N–C) groups is 1. The van der Waals surface area contributed by atoms with Crippen LogP contribution in [0.15, 0.2) is 17.1 Å². The lowest BCUT2D eigenvalue weighted by Crippen LogP contribution is -2.45. The quantitative estimate of drug-likeness (QED) is 0.618. The summed E-state index contributed by atoms with van der Waals surface area (Å²) >= 11 is 0. The number of nitrogens with one attached hydrogen (secondary N) is 1. The summed E-state index contributed by atoms with van der Waals surface area (Å²) in [5.41, 5.74) is 2.48.